The van der Waals surface area contributed by atoms with Crippen LogP contribution in [0.1, 0.15) is 19.8 Å². The fourth-order valence-corrected chi connectivity index (χ4v) is 2.92. The lowest BCUT2D eigenvalue weighted by atomic mass is 9.88. The third-order valence-electron chi connectivity index (χ3n) is 4.56. The van der Waals surface area contributed by atoms with Gasteiger partial charge in [0.1, 0.15) is 6.04 Å². The van der Waals surface area contributed by atoms with E-state index < -0.39 is 0 Å². The molecule has 0 bridgehead atoms. The minimum atomic E-state index is -0.247. The van der Waals surface area contributed by atoms with Crippen LogP contribution in [0, 0.1) is 0 Å². The molecule has 0 aromatic carbocycles. The van der Waals surface area contributed by atoms with Gasteiger partial charge in [-0.15, -0.1) is 24.8 Å². The Morgan fingerprint density at radius 1 is 1.27 bits per heavy atom. The zero-order chi connectivity index (χ0) is 14.6. The van der Waals surface area contributed by atoms with Crippen LogP contribution in [0.3, 0.4) is 0 Å². The number of nitrogens with one attached hydrogen (secondary N) is 2. The molecule has 0 unspecified atom stereocenters. The van der Waals surface area contributed by atoms with Gasteiger partial charge in [-0.05, 0) is 33.9 Å². The highest BCUT2D eigenvalue weighted by Crippen LogP contribution is 2.25. The highest BCUT2D eigenvalue weighted by molar-refractivity contribution is 5.85. The molecule has 22 heavy (non-hydrogen) atoms. The molecule has 2 saturated heterocycles. The van der Waals surface area contributed by atoms with E-state index in [9.17, 15) is 4.79 Å². The zero-order valence-electron chi connectivity index (χ0n) is 13.6. The smallest absolute Gasteiger partial charge is 0.239 e. The van der Waals surface area contributed by atoms with E-state index in [1.807, 2.05) is 6.92 Å². The standard InChI is InChI=1S/C14H27N3O3.2ClH/c1-11-12(15-6-9-20-11)13(18)16-10-14(17(2)3)4-7-19-8-5-14;;/h11-12,15H,4-10H2,1-3H3,(H,16,18);2*1H/t11-,12+;;/m1../s1. The monoisotopic (exact) mass is 357 g/mol. The van der Waals surface area contributed by atoms with Crippen LogP contribution in [0.25, 0.3) is 0 Å². The summed E-state index contributed by atoms with van der Waals surface area (Å²) in [6.45, 7) is 5.52. The van der Waals surface area contributed by atoms with Crippen molar-refractivity contribution in [1.29, 1.82) is 0 Å². The van der Waals surface area contributed by atoms with Crippen LogP contribution in [0.15, 0.2) is 0 Å². The summed E-state index contributed by atoms with van der Waals surface area (Å²) in [6, 6.07) is -0.247. The van der Waals surface area contributed by atoms with Gasteiger partial charge < -0.3 is 25.0 Å². The van der Waals surface area contributed by atoms with Gasteiger partial charge in [-0.3, -0.25) is 4.79 Å². The molecule has 2 heterocycles. The molecule has 0 spiro atoms. The Morgan fingerprint density at radius 2 is 1.91 bits per heavy atom. The summed E-state index contributed by atoms with van der Waals surface area (Å²) in [5.74, 6) is 0.0323. The van der Waals surface area contributed by atoms with Gasteiger partial charge in [0, 0.05) is 31.8 Å². The molecule has 0 aromatic rings. The van der Waals surface area contributed by atoms with Crippen molar-refractivity contribution in [1.82, 2.24) is 15.5 Å². The molecule has 132 valence electrons. The van der Waals surface area contributed by atoms with E-state index in [0.29, 0.717) is 13.2 Å². The Bertz CT molecular complexity index is 339. The summed E-state index contributed by atoms with van der Waals surface area (Å²) in [4.78, 5) is 14.5. The van der Waals surface area contributed by atoms with E-state index in [1.54, 1.807) is 0 Å². The average molecular weight is 358 g/mol. The molecule has 0 saturated carbocycles. The Balaban J connectivity index is 0.00000220. The molecule has 2 fully saturated rings. The van der Waals surface area contributed by atoms with E-state index in [0.717, 1.165) is 32.6 Å². The third-order valence-corrected chi connectivity index (χ3v) is 4.56. The largest absolute Gasteiger partial charge is 0.381 e. The summed E-state index contributed by atoms with van der Waals surface area (Å²) >= 11 is 0. The first kappa shape index (κ1) is 21.9. The highest BCUT2D eigenvalue weighted by atomic mass is 35.5. The minimum Gasteiger partial charge on any atom is -0.381 e. The van der Waals surface area contributed by atoms with Crippen LogP contribution >= 0.6 is 24.8 Å². The van der Waals surface area contributed by atoms with Crippen molar-refractivity contribution in [3.8, 4) is 0 Å². The molecular weight excluding hydrogens is 329 g/mol. The van der Waals surface area contributed by atoms with Crippen molar-refractivity contribution in [3.63, 3.8) is 0 Å². The molecule has 2 aliphatic heterocycles. The lowest BCUT2D eigenvalue weighted by Crippen LogP contribution is -2.60. The number of rotatable bonds is 4. The Hall–Kier alpha value is -0.110. The van der Waals surface area contributed by atoms with E-state index in [1.165, 1.54) is 0 Å². The van der Waals surface area contributed by atoms with Crippen molar-refractivity contribution in [2.24, 2.45) is 0 Å². The predicted octanol–water partition coefficient (Wildman–Crippen LogP) is 0.434. The van der Waals surface area contributed by atoms with Gasteiger partial charge in [-0.25, -0.2) is 0 Å². The predicted molar refractivity (Wildman–Crippen MR) is 91.2 cm³/mol. The van der Waals surface area contributed by atoms with Gasteiger partial charge in [0.05, 0.1) is 12.7 Å². The van der Waals surface area contributed by atoms with Crippen molar-refractivity contribution in [2.75, 3.05) is 47.0 Å². The molecule has 2 N–H and O–H groups in total. The molecule has 0 aliphatic carbocycles. The molecule has 2 rings (SSSR count). The topological polar surface area (TPSA) is 62.8 Å². The van der Waals surface area contributed by atoms with E-state index in [4.69, 9.17) is 9.47 Å². The molecule has 2 aliphatic rings. The van der Waals surface area contributed by atoms with Crippen LogP contribution in [0.4, 0.5) is 0 Å². The summed E-state index contributed by atoms with van der Waals surface area (Å²) in [7, 11) is 4.14. The first-order valence-corrected chi connectivity index (χ1v) is 7.43. The quantitative estimate of drug-likeness (QED) is 0.764. The number of amides is 1. The number of nitrogens with zero attached hydrogens (tertiary/aromatic N) is 1. The molecule has 6 nitrogen and oxygen atoms in total. The number of hydrogen-bond donors (Lipinski definition) is 2. The number of ether oxygens (including phenoxy) is 2. The van der Waals surface area contributed by atoms with Crippen LogP contribution in [-0.4, -0.2) is 75.5 Å². The first-order chi connectivity index (χ1) is 9.55. The van der Waals surface area contributed by atoms with Crippen molar-refractivity contribution in [3.05, 3.63) is 0 Å². The number of hydrogen-bond acceptors (Lipinski definition) is 5. The van der Waals surface area contributed by atoms with Crippen LogP contribution in [0.2, 0.25) is 0 Å². The maximum absolute atomic E-state index is 12.3. The Kier molecular flexibility index (Phi) is 9.85. The second-order valence-electron chi connectivity index (χ2n) is 5.96. The highest BCUT2D eigenvalue weighted by Gasteiger charge is 2.36. The van der Waals surface area contributed by atoms with Gasteiger partial charge >= 0.3 is 0 Å². The number of carbonyl (C=O) groups is 1. The fraction of sp³-hybridized carbons (Fsp3) is 0.929. The van der Waals surface area contributed by atoms with Gasteiger partial charge in [0.15, 0.2) is 0 Å². The number of halogens is 2. The lowest BCUT2D eigenvalue weighted by Gasteiger charge is -2.43. The van der Waals surface area contributed by atoms with Crippen molar-refractivity contribution in [2.45, 2.75) is 37.5 Å². The second-order valence-corrected chi connectivity index (χ2v) is 5.96. The maximum Gasteiger partial charge on any atom is 0.239 e. The van der Waals surface area contributed by atoms with E-state index in [2.05, 4.69) is 29.6 Å². The summed E-state index contributed by atoms with van der Waals surface area (Å²) in [5.41, 5.74) is 0.00662. The molecule has 8 heteroatoms. The van der Waals surface area contributed by atoms with Crippen molar-refractivity contribution < 1.29 is 14.3 Å². The van der Waals surface area contributed by atoms with Crippen molar-refractivity contribution >= 4 is 30.7 Å². The molecule has 0 radical (unpaired) electrons. The SMILES string of the molecule is C[C@H]1OCCN[C@@H]1C(=O)NCC1(N(C)C)CCOCC1.Cl.Cl. The number of likely N-dealkylation sites (N-methyl/N-ethyl adjacent to an activating group) is 1. The molecule has 0 aromatic heterocycles. The molecule has 1 amide bonds. The number of carbonyl (C=O) groups excluding carboxylic acids is 1. The second kappa shape index (κ2) is 9.90. The lowest BCUT2D eigenvalue weighted by molar-refractivity contribution is -0.130. The van der Waals surface area contributed by atoms with E-state index in [-0.39, 0.29) is 48.4 Å². The van der Waals surface area contributed by atoms with Gasteiger partial charge in [-0.2, -0.15) is 0 Å². The summed E-state index contributed by atoms with van der Waals surface area (Å²) < 4.78 is 11.0. The van der Waals surface area contributed by atoms with E-state index >= 15 is 0 Å². The van der Waals surface area contributed by atoms with Gasteiger partial charge in [0.2, 0.25) is 5.91 Å². The van der Waals surface area contributed by atoms with Crippen LogP contribution in [0.5, 0.6) is 0 Å². The maximum atomic E-state index is 12.3. The van der Waals surface area contributed by atoms with Gasteiger partial charge in [0.25, 0.3) is 0 Å². The normalized spacial score (nSPS) is 27.5. The summed E-state index contributed by atoms with van der Waals surface area (Å²) in [6.07, 6.45) is 1.82. The Labute approximate surface area is 145 Å². The third kappa shape index (κ3) is 5.22. The molecular formula is C14H29Cl2N3O3. The number of morpholine rings is 1. The Morgan fingerprint density at radius 3 is 2.45 bits per heavy atom. The summed E-state index contributed by atoms with van der Waals surface area (Å²) in [5, 5.41) is 6.32. The first-order valence-electron chi connectivity index (χ1n) is 7.43. The average Bonchev–Trinajstić information content (AvgIpc) is 2.46. The zero-order valence-corrected chi connectivity index (χ0v) is 15.2. The fourth-order valence-electron chi connectivity index (χ4n) is 2.92. The van der Waals surface area contributed by atoms with Crippen LogP contribution in [-0.2, 0) is 14.3 Å². The molecule has 2 atom stereocenters. The minimum absolute atomic E-state index is 0. The van der Waals surface area contributed by atoms with Crippen LogP contribution < -0.4 is 10.6 Å². The van der Waals surface area contributed by atoms with Gasteiger partial charge in [-0.1, -0.05) is 0 Å².